The predicted molar refractivity (Wildman–Crippen MR) is 79.8 cm³/mol. The van der Waals surface area contributed by atoms with Gasteiger partial charge in [-0.1, -0.05) is 41.5 Å². The smallest absolute Gasteiger partial charge is 0.335 e. The molecule has 0 aromatic heterocycles. The molecule has 1 atom stereocenters. The Balaban J connectivity index is 5.01. The molecule has 0 aliphatic carbocycles. The maximum absolute atomic E-state index is 12.0. The Morgan fingerprint density at radius 1 is 1.00 bits per heavy atom. The molecule has 1 unspecified atom stereocenters. The molecule has 0 heterocycles. The van der Waals surface area contributed by atoms with Crippen molar-refractivity contribution in [1.82, 2.24) is 0 Å². The van der Waals surface area contributed by atoms with Crippen LogP contribution in [0.4, 0.5) is 0 Å². The highest BCUT2D eigenvalue weighted by atomic mass is 28.4. The third-order valence-electron chi connectivity index (χ3n) is 3.83. The molecule has 20 heavy (non-hydrogen) atoms. The molecule has 0 rings (SSSR count). The molecule has 1 N–H and O–H groups in total. The van der Waals surface area contributed by atoms with Crippen LogP contribution in [0.25, 0.3) is 0 Å². The fraction of sp³-hybridized carbons (Fsp3) is 0.857. The molecule has 0 saturated heterocycles. The summed E-state index contributed by atoms with van der Waals surface area (Å²) in [7, 11) is -1.14. The first kappa shape index (κ1) is 19.1. The van der Waals surface area contributed by atoms with Crippen molar-refractivity contribution in [2.24, 2.45) is 0 Å². The summed E-state index contributed by atoms with van der Waals surface area (Å²) < 4.78 is 10.2. The molecule has 118 valence electrons. The molecule has 0 fully saturated rings. The summed E-state index contributed by atoms with van der Waals surface area (Å²) in [6.07, 6.45) is -1.81. The number of esters is 1. The average Bonchev–Trinajstić information content (AvgIpc) is 2.33. The lowest BCUT2D eigenvalue weighted by Crippen LogP contribution is -2.49. The zero-order valence-corrected chi connectivity index (χ0v) is 14.6. The number of hydrogen-bond acceptors (Lipinski definition) is 5. The van der Waals surface area contributed by atoms with Crippen molar-refractivity contribution in [3.63, 3.8) is 0 Å². The molecule has 0 aliphatic rings. The van der Waals surface area contributed by atoms with Crippen LogP contribution in [-0.4, -0.2) is 38.6 Å². The van der Waals surface area contributed by atoms with Gasteiger partial charge in [0.25, 0.3) is 14.3 Å². The highest BCUT2D eigenvalue weighted by Gasteiger charge is 2.48. The van der Waals surface area contributed by atoms with Crippen molar-refractivity contribution in [2.75, 3.05) is 7.11 Å². The minimum absolute atomic E-state index is 0.265. The van der Waals surface area contributed by atoms with Crippen LogP contribution < -0.4 is 0 Å². The van der Waals surface area contributed by atoms with E-state index in [1.165, 1.54) is 7.11 Å². The fourth-order valence-electron chi connectivity index (χ4n) is 2.97. The molecule has 6 heteroatoms. The molecular weight excluding hydrogens is 276 g/mol. The Morgan fingerprint density at radius 2 is 1.40 bits per heavy atom. The van der Waals surface area contributed by atoms with Gasteiger partial charge in [0.1, 0.15) is 0 Å². The van der Waals surface area contributed by atoms with Crippen LogP contribution in [0.15, 0.2) is 0 Å². The molecule has 0 radical (unpaired) electrons. The van der Waals surface area contributed by atoms with Gasteiger partial charge in [0.05, 0.1) is 13.5 Å². The normalized spacial score (nSPS) is 13.8. The Morgan fingerprint density at radius 3 is 1.70 bits per heavy atom. The maximum atomic E-state index is 12.0. The van der Waals surface area contributed by atoms with Crippen LogP contribution >= 0.6 is 0 Å². The second kappa shape index (κ2) is 7.78. The molecule has 0 amide bonds. The molecule has 0 spiro atoms. The molecule has 0 saturated carbocycles. The standard InChI is InChI=1S/C14H28O5Si/c1-9(2)20(10(3)4,11(5)6)19-13(16)8-12(15)14(17)18-7/h9-12,15H,8H2,1-7H3. The van der Waals surface area contributed by atoms with E-state index in [2.05, 4.69) is 46.3 Å². The summed E-state index contributed by atoms with van der Waals surface area (Å²) >= 11 is 0. The van der Waals surface area contributed by atoms with Gasteiger partial charge >= 0.3 is 5.97 Å². The zero-order valence-electron chi connectivity index (χ0n) is 13.6. The number of hydrogen-bond donors (Lipinski definition) is 1. The van der Waals surface area contributed by atoms with Crippen molar-refractivity contribution >= 4 is 20.3 Å². The predicted octanol–water partition coefficient (Wildman–Crippen LogP) is 2.63. The summed E-state index contributed by atoms with van der Waals surface area (Å²) in [4.78, 5) is 23.2. The van der Waals surface area contributed by atoms with Crippen LogP contribution in [0, 0.1) is 0 Å². The molecular formula is C14H28O5Si. The number of aliphatic hydroxyl groups excluding tert-OH is 1. The van der Waals surface area contributed by atoms with Crippen molar-refractivity contribution in [3.05, 3.63) is 0 Å². The van der Waals surface area contributed by atoms with Crippen LogP contribution in [0.1, 0.15) is 48.0 Å². The van der Waals surface area contributed by atoms with Crippen molar-refractivity contribution in [1.29, 1.82) is 0 Å². The number of carbonyl (C=O) groups is 2. The Hall–Kier alpha value is -0.883. The third-order valence-corrected chi connectivity index (χ3v) is 9.83. The van der Waals surface area contributed by atoms with E-state index < -0.39 is 26.4 Å². The van der Waals surface area contributed by atoms with E-state index in [1.54, 1.807) is 0 Å². The van der Waals surface area contributed by atoms with Crippen LogP contribution in [0.2, 0.25) is 16.6 Å². The van der Waals surface area contributed by atoms with Crippen molar-refractivity contribution < 1.29 is 23.9 Å². The van der Waals surface area contributed by atoms with E-state index in [0.29, 0.717) is 0 Å². The monoisotopic (exact) mass is 304 g/mol. The van der Waals surface area contributed by atoms with E-state index in [9.17, 15) is 14.7 Å². The molecule has 5 nitrogen and oxygen atoms in total. The van der Waals surface area contributed by atoms with Crippen molar-refractivity contribution in [2.45, 2.75) is 70.7 Å². The molecule has 0 aromatic rings. The van der Waals surface area contributed by atoms with Gasteiger partial charge in [0.15, 0.2) is 6.10 Å². The van der Waals surface area contributed by atoms with E-state index in [0.717, 1.165) is 0 Å². The van der Waals surface area contributed by atoms with Gasteiger partial charge in [0, 0.05) is 0 Å². The lowest BCUT2D eigenvalue weighted by atomic mass is 10.2. The average molecular weight is 304 g/mol. The van der Waals surface area contributed by atoms with E-state index in [4.69, 9.17) is 4.43 Å². The number of methoxy groups -OCH3 is 1. The van der Waals surface area contributed by atoms with Gasteiger partial charge < -0.3 is 14.3 Å². The number of rotatable bonds is 7. The van der Waals surface area contributed by atoms with Crippen molar-refractivity contribution in [3.8, 4) is 0 Å². The van der Waals surface area contributed by atoms with E-state index in [-0.39, 0.29) is 23.0 Å². The summed E-state index contributed by atoms with van der Waals surface area (Å²) in [5, 5.41) is 9.54. The minimum Gasteiger partial charge on any atom is -0.518 e. The first-order valence-corrected chi connectivity index (χ1v) is 9.21. The topological polar surface area (TPSA) is 72.8 Å². The Kier molecular flexibility index (Phi) is 7.44. The van der Waals surface area contributed by atoms with Gasteiger partial charge in [-0.15, -0.1) is 0 Å². The number of ether oxygens (including phenoxy) is 1. The second-order valence-corrected chi connectivity index (χ2v) is 11.4. The molecule has 0 aliphatic heterocycles. The largest absolute Gasteiger partial charge is 0.518 e. The summed E-state index contributed by atoms with van der Waals surface area (Å²) in [6, 6.07) is 0. The SMILES string of the molecule is COC(=O)C(O)CC(=O)O[Si](C(C)C)(C(C)C)C(C)C. The lowest BCUT2D eigenvalue weighted by Gasteiger charge is -2.41. The van der Waals surface area contributed by atoms with Crippen LogP contribution in [0.3, 0.4) is 0 Å². The summed E-state index contributed by atoms with van der Waals surface area (Å²) in [6.45, 7) is 12.4. The second-order valence-electron chi connectivity index (χ2n) is 6.03. The number of aliphatic hydroxyl groups is 1. The van der Waals surface area contributed by atoms with Gasteiger partial charge in [-0.3, -0.25) is 4.79 Å². The first-order valence-electron chi connectivity index (χ1n) is 7.07. The number of carbonyl (C=O) groups excluding carboxylic acids is 2. The molecule has 0 bridgehead atoms. The first-order chi connectivity index (χ1) is 9.09. The summed E-state index contributed by atoms with van der Waals surface area (Å²) in [5.41, 5.74) is 0.796. The van der Waals surface area contributed by atoms with Crippen LogP contribution in [0.5, 0.6) is 0 Å². The van der Waals surface area contributed by atoms with Gasteiger partial charge in [0.2, 0.25) is 0 Å². The quantitative estimate of drug-likeness (QED) is 0.578. The van der Waals surface area contributed by atoms with Gasteiger partial charge in [-0.05, 0) is 16.6 Å². The molecule has 0 aromatic carbocycles. The highest BCUT2D eigenvalue weighted by molar-refractivity contribution is 6.78. The Bertz CT molecular complexity index is 317. The van der Waals surface area contributed by atoms with Gasteiger partial charge in [-0.25, -0.2) is 4.79 Å². The third kappa shape index (κ3) is 4.31. The maximum Gasteiger partial charge on any atom is 0.335 e. The highest BCUT2D eigenvalue weighted by Crippen LogP contribution is 2.42. The van der Waals surface area contributed by atoms with Gasteiger partial charge in [-0.2, -0.15) is 0 Å². The fourth-order valence-corrected chi connectivity index (χ4v) is 8.15. The Labute approximate surface area is 122 Å². The lowest BCUT2D eigenvalue weighted by molar-refractivity contribution is -0.155. The minimum atomic E-state index is -2.32. The zero-order chi connectivity index (χ0) is 16.1. The summed E-state index contributed by atoms with van der Waals surface area (Å²) in [5.74, 6) is -1.33. The van der Waals surface area contributed by atoms with E-state index in [1.807, 2.05) is 0 Å². The van der Waals surface area contributed by atoms with E-state index >= 15 is 0 Å². The van der Waals surface area contributed by atoms with Crippen LogP contribution in [-0.2, 0) is 18.8 Å².